The first-order valence-corrected chi connectivity index (χ1v) is 9.55. The lowest BCUT2D eigenvalue weighted by molar-refractivity contribution is 0.102. The van der Waals surface area contributed by atoms with Crippen LogP contribution in [0.2, 0.25) is 0 Å². The number of carbonyl (C=O) groups is 1. The molecule has 0 fully saturated rings. The quantitative estimate of drug-likeness (QED) is 0.478. The number of benzene rings is 2. The topological polar surface area (TPSA) is 96.6 Å². The predicted octanol–water partition coefficient (Wildman–Crippen LogP) is 3.48. The second-order valence-corrected chi connectivity index (χ2v) is 7.78. The first-order valence-electron chi connectivity index (χ1n) is 7.92. The molecular weight excluding hydrogens is 384 g/mol. The molecule has 0 saturated carbocycles. The number of nitrogens with one attached hydrogen (secondary N) is 1. The van der Waals surface area contributed by atoms with E-state index in [2.05, 4.69) is 15.3 Å². The summed E-state index contributed by atoms with van der Waals surface area (Å²) in [5.41, 5.74) is 0.365. The van der Waals surface area contributed by atoms with Crippen molar-refractivity contribution in [1.82, 2.24) is 14.4 Å². The van der Waals surface area contributed by atoms with Crippen molar-refractivity contribution in [3.63, 3.8) is 0 Å². The molecule has 9 heteroatoms. The van der Waals surface area contributed by atoms with Crippen molar-refractivity contribution < 1.29 is 9.90 Å². The first-order chi connectivity index (χ1) is 13.1. The Morgan fingerprint density at radius 3 is 2.56 bits per heavy atom. The van der Waals surface area contributed by atoms with Crippen molar-refractivity contribution in [2.24, 2.45) is 0 Å². The molecule has 132 valence electrons. The maximum atomic E-state index is 12.9. The summed E-state index contributed by atoms with van der Waals surface area (Å²) in [7, 11) is 0. The number of aromatic nitrogens is 3. The fraction of sp³-hybridized carbons (Fsp3) is 0. The number of nitrogens with zero attached hydrogens (tertiary/aromatic N) is 3. The fourth-order valence-electron chi connectivity index (χ4n) is 2.88. The van der Waals surface area contributed by atoms with Gasteiger partial charge in [0.15, 0.2) is 10.7 Å². The van der Waals surface area contributed by atoms with E-state index < -0.39 is 22.9 Å². The van der Waals surface area contributed by atoms with Crippen LogP contribution in [0.3, 0.4) is 0 Å². The van der Waals surface area contributed by atoms with Crippen LogP contribution in [0.15, 0.2) is 53.3 Å². The summed E-state index contributed by atoms with van der Waals surface area (Å²) in [4.78, 5) is 34.3. The number of fused-ring (bicyclic) bond motifs is 4. The summed E-state index contributed by atoms with van der Waals surface area (Å²) >= 11 is 2.56. The van der Waals surface area contributed by atoms with Gasteiger partial charge in [0.1, 0.15) is 0 Å². The van der Waals surface area contributed by atoms with Crippen molar-refractivity contribution in [3.05, 3.63) is 64.4 Å². The molecule has 0 atom stereocenters. The minimum atomic E-state index is -0.742. The molecule has 7 nitrogen and oxygen atoms in total. The summed E-state index contributed by atoms with van der Waals surface area (Å²) in [6.07, 6.45) is 0. The van der Waals surface area contributed by atoms with Crippen LogP contribution in [-0.2, 0) is 0 Å². The third kappa shape index (κ3) is 2.47. The molecule has 5 aromatic rings. The van der Waals surface area contributed by atoms with E-state index in [1.165, 1.54) is 27.1 Å². The smallest absolute Gasteiger partial charge is 0.275 e. The van der Waals surface area contributed by atoms with Crippen LogP contribution in [0, 0.1) is 0 Å². The number of aromatic hydroxyl groups is 1. The molecule has 3 aromatic heterocycles. The lowest BCUT2D eigenvalue weighted by atomic mass is 10.3. The summed E-state index contributed by atoms with van der Waals surface area (Å²) in [5, 5.41) is 13.1. The maximum absolute atomic E-state index is 12.9. The molecule has 2 N–H and O–H groups in total. The van der Waals surface area contributed by atoms with Crippen LogP contribution >= 0.6 is 22.7 Å². The molecule has 0 bridgehead atoms. The van der Waals surface area contributed by atoms with E-state index in [1.54, 1.807) is 12.1 Å². The Labute approximate surface area is 159 Å². The molecule has 3 heterocycles. The Hall–Kier alpha value is -3.30. The normalized spacial score (nSPS) is 11.4. The number of hydrogen-bond acceptors (Lipinski definition) is 7. The van der Waals surface area contributed by atoms with Gasteiger partial charge in [-0.3, -0.25) is 19.3 Å². The molecule has 1 amide bonds. The third-order valence-corrected chi connectivity index (χ3v) is 6.06. The van der Waals surface area contributed by atoms with E-state index >= 15 is 0 Å². The highest BCUT2D eigenvalue weighted by Crippen LogP contribution is 2.28. The highest BCUT2D eigenvalue weighted by molar-refractivity contribution is 7.23. The van der Waals surface area contributed by atoms with Gasteiger partial charge in [-0.2, -0.15) is 4.98 Å². The lowest BCUT2D eigenvalue weighted by Gasteiger charge is -2.04. The summed E-state index contributed by atoms with van der Waals surface area (Å²) in [6.45, 7) is 0. The lowest BCUT2D eigenvalue weighted by Crippen LogP contribution is -2.26. The predicted molar refractivity (Wildman–Crippen MR) is 106 cm³/mol. The molecule has 0 aliphatic heterocycles. The van der Waals surface area contributed by atoms with Crippen LogP contribution < -0.4 is 10.9 Å². The number of amides is 1. The van der Waals surface area contributed by atoms with E-state index in [4.69, 9.17) is 0 Å². The summed E-state index contributed by atoms with van der Waals surface area (Å²) in [6, 6.07) is 14.7. The molecule has 2 aromatic carbocycles. The Balaban J connectivity index is 1.64. The third-order valence-electron chi connectivity index (χ3n) is 4.08. The van der Waals surface area contributed by atoms with E-state index in [-0.39, 0.29) is 0 Å². The van der Waals surface area contributed by atoms with Gasteiger partial charge in [0.25, 0.3) is 11.5 Å². The van der Waals surface area contributed by atoms with Gasteiger partial charge >= 0.3 is 0 Å². The van der Waals surface area contributed by atoms with Crippen LogP contribution in [0.1, 0.15) is 10.4 Å². The Morgan fingerprint density at radius 2 is 1.74 bits per heavy atom. The molecule has 5 rings (SSSR count). The zero-order valence-electron chi connectivity index (χ0n) is 13.5. The Morgan fingerprint density at radius 1 is 1.00 bits per heavy atom. The standard InChI is InChI=1S/C18H10N4O3S2/c23-14(20-17-19-9-5-1-3-7-11(9)26-17)13-15(24)21-18-22(16(13)25)10-6-2-4-8-12(10)27-18/h1-8,24H,(H,19,20,23). The van der Waals surface area contributed by atoms with Crippen molar-refractivity contribution in [2.45, 2.75) is 0 Å². The van der Waals surface area contributed by atoms with Gasteiger partial charge in [-0.1, -0.05) is 46.9 Å². The molecule has 0 saturated heterocycles. The number of carbonyl (C=O) groups excluding carboxylic acids is 1. The zero-order chi connectivity index (χ0) is 18.5. The van der Waals surface area contributed by atoms with Crippen LogP contribution in [0.5, 0.6) is 5.88 Å². The SMILES string of the molecule is O=C(Nc1nc2ccccc2s1)c1c(O)nc2sc3ccccc3n2c1=O. The number of thiazole rings is 2. The molecule has 0 unspecified atom stereocenters. The fourth-order valence-corrected chi connectivity index (χ4v) is 4.75. The van der Waals surface area contributed by atoms with Gasteiger partial charge in [-0.25, -0.2) is 4.98 Å². The second-order valence-electron chi connectivity index (χ2n) is 5.74. The largest absolute Gasteiger partial charge is 0.492 e. The molecule has 0 radical (unpaired) electrons. The number of anilines is 1. The van der Waals surface area contributed by atoms with Crippen LogP contribution in [0.4, 0.5) is 5.13 Å². The number of rotatable bonds is 2. The summed E-state index contributed by atoms with van der Waals surface area (Å²) < 4.78 is 3.09. The van der Waals surface area contributed by atoms with Gasteiger partial charge in [-0.15, -0.1) is 0 Å². The van der Waals surface area contributed by atoms with Gasteiger partial charge in [0.2, 0.25) is 10.8 Å². The second kappa shape index (κ2) is 5.86. The average molecular weight is 394 g/mol. The van der Waals surface area contributed by atoms with E-state index in [0.717, 1.165) is 14.9 Å². The number of hydrogen-bond donors (Lipinski definition) is 2. The van der Waals surface area contributed by atoms with Gasteiger partial charge in [0, 0.05) is 0 Å². The van der Waals surface area contributed by atoms with E-state index in [0.29, 0.717) is 15.6 Å². The molecule has 0 aliphatic rings. The number of para-hydroxylation sites is 2. The van der Waals surface area contributed by atoms with E-state index in [9.17, 15) is 14.7 Å². The highest BCUT2D eigenvalue weighted by Gasteiger charge is 2.23. The van der Waals surface area contributed by atoms with E-state index in [1.807, 2.05) is 36.4 Å². The monoisotopic (exact) mass is 394 g/mol. The van der Waals surface area contributed by atoms with Gasteiger partial charge < -0.3 is 5.11 Å². The minimum Gasteiger partial charge on any atom is -0.492 e. The van der Waals surface area contributed by atoms with Crippen LogP contribution in [0.25, 0.3) is 25.4 Å². The first kappa shape index (κ1) is 15.9. The molecular formula is C18H10N4O3S2. The Bertz CT molecular complexity index is 1380. The maximum Gasteiger partial charge on any atom is 0.275 e. The van der Waals surface area contributed by atoms with Crippen molar-refractivity contribution in [1.29, 1.82) is 0 Å². The molecule has 0 spiro atoms. The average Bonchev–Trinajstić information content (AvgIpc) is 3.21. The Kier molecular flexibility index (Phi) is 3.46. The van der Waals surface area contributed by atoms with Gasteiger partial charge in [0.05, 0.1) is 20.4 Å². The van der Waals surface area contributed by atoms with Crippen molar-refractivity contribution in [2.75, 3.05) is 5.32 Å². The van der Waals surface area contributed by atoms with Crippen molar-refractivity contribution in [3.8, 4) is 5.88 Å². The van der Waals surface area contributed by atoms with Gasteiger partial charge in [-0.05, 0) is 24.3 Å². The van der Waals surface area contributed by atoms with Crippen molar-refractivity contribution >= 4 is 59.1 Å². The minimum absolute atomic E-state index is 0.329. The zero-order valence-corrected chi connectivity index (χ0v) is 15.2. The summed E-state index contributed by atoms with van der Waals surface area (Å²) in [5.74, 6) is -1.33. The molecule has 27 heavy (non-hydrogen) atoms. The molecule has 0 aliphatic carbocycles. The van der Waals surface area contributed by atoms with Crippen LogP contribution in [-0.4, -0.2) is 25.4 Å². The highest BCUT2D eigenvalue weighted by atomic mass is 32.1.